The molecule has 1 aliphatic heterocycles. The molecule has 0 radical (unpaired) electrons. The molecule has 0 saturated carbocycles. The fourth-order valence-electron chi connectivity index (χ4n) is 2.53. The standard InChI is InChI=1S/C13H22N4O3/c1-2-11-15-12(20-16-11)9-17-5-3-4-10(8-17)6-14-7-13(18)19/h10,14H,2-9H2,1H3,(H,18,19). The summed E-state index contributed by atoms with van der Waals surface area (Å²) in [6, 6.07) is 0. The Labute approximate surface area is 118 Å². The van der Waals surface area contributed by atoms with Crippen LogP contribution in [-0.2, 0) is 17.8 Å². The molecule has 1 fully saturated rings. The Bertz CT molecular complexity index is 435. The minimum Gasteiger partial charge on any atom is -0.480 e. The molecule has 2 rings (SSSR count). The zero-order valence-electron chi connectivity index (χ0n) is 11.8. The van der Waals surface area contributed by atoms with Gasteiger partial charge < -0.3 is 14.9 Å². The molecule has 20 heavy (non-hydrogen) atoms. The number of nitrogens with one attached hydrogen (secondary N) is 1. The van der Waals surface area contributed by atoms with Gasteiger partial charge in [-0.2, -0.15) is 4.98 Å². The van der Waals surface area contributed by atoms with Crippen molar-refractivity contribution in [3.05, 3.63) is 11.7 Å². The molecule has 1 aromatic heterocycles. The van der Waals surface area contributed by atoms with Crippen LogP contribution in [0.1, 0.15) is 31.5 Å². The van der Waals surface area contributed by atoms with Crippen LogP contribution in [0.5, 0.6) is 0 Å². The summed E-state index contributed by atoms with van der Waals surface area (Å²) in [5.41, 5.74) is 0. The average Bonchev–Trinajstić information content (AvgIpc) is 2.86. The van der Waals surface area contributed by atoms with E-state index in [4.69, 9.17) is 9.63 Å². The number of carboxylic acid groups (broad SMARTS) is 1. The second-order valence-corrected chi connectivity index (χ2v) is 5.23. The number of piperidine rings is 1. The van der Waals surface area contributed by atoms with E-state index in [-0.39, 0.29) is 6.54 Å². The molecular formula is C13H22N4O3. The maximum atomic E-state index is 10.5. The highest BCUT2D eigenvalue weighted by atomic mass is 16.5. The maximum absolute atomic E-state index is 10.5. The lowest BCUT2D eigenvalue weighted by Gasteiger charge is -2.31. The lowest BCUT2D eigenvalue weighted by Crippen LogP contribution is -2.40. The van der Waals surface area contributed by atoms with Gasteiger partial charge >= 0.3 is 5.97 Å². The zero-order valence-corrected chi connectivity index (χ0v) is 11.8. The summed E-state index contributed by atoms with van der Waals surface area (Å²) in [5, 5.41) is 15.5. The summed E-state index contributed by atoms with van der Waals surface area (Å²) < 4.78 is 5.21. The van der Waals surface area contributed by atoms with Crippen LogP contribution in [0, 0.1) is 5.92 Å². The Balaban J connectivity index is 1.76. The van der Waals surface area contributed by atoms with Gasteiger partial charge in [-0.3, -0.25) is 9.69 Å². The lowest BCUT2D eigenvalue weighted by atomic mass is 9.98. The van der Waals surface area contributed by atoms with Crippen molar-refractivity contribution in [1.29, 1.82) is 0 Å². The van der Waals surface area contributed by atoms with Crippen molar-refractivity contribution < 1.29 is 14.4 Å². The highest BCUT2D eigenvalue weighted by Gasteiger charge is 2.21. The Morgan fingerprint density at radius 2 is 2.45 bits per heavy atom. The fraction of sp³-hybridized carbons (Fsp3) is 0.769. The number of carboxylic acids is 1. The highest BCUT2D eigenvalue weighted by molar-refractivity contribution is 5.68. The molecule has 1 unspecified atom stereocenters. The van der Waals surface area contributed by atoms with Crippen LogP contribution in [0.4, 0.5) is 0 Å². The summed E-state index contributed by atoms with van der Waals surface area (Å²) in [5.74, 6) is 1.09. The third-order valence-electron chi connectivity index (χ3n) is 3.50. The van der Waals surface area contributed by atoms with E-state index in [1.807, 2.05) is 6.92 Å². The number of likely N-dealkylation sites (tertiary alicyclic amines) is 1. The van der Waals surface area contributed by atoms with Gasteiger partial charge in [-0.25, -0.2) is 0 Å². The van der Waals surface area contributed by atoms with Crippen molar-refractivity contribution in [2.75, 3.05) is 26.2 Å². The second kappa shape index (κ2) is 7.35. The minimum atomic E-state index is -0.810. The quantitative estimate of drug-likeness (QED) is 0.753. The summed E-state index contributed by atoms with van der Waals surface area (Å²) >= 11 is 0. The van der Waals surface area contributed by atoms with Crippen LogP contribution in [0.25, 0.3) is 0 Å². The van der Waals surface area contributed by atoms with Gasteiger partial charge in [0.15, 0.2) is 5.82 Å². The van der Waals surface area contributed by atoms with Crippen LogP contribution in [0.2, 0.25) is 0 Å². The van der Waals surface area contributed by atoms with Crippen molar-refractivity contribution in [1.82, 2.24) is 20.4 Å². The van der Waals surface area contributed by atoms with Crippen LogP contribution in [0.3, 0.4) is 0 Å². The van der Waals surface area contributed by atoms with Crippen molar-refractivity contribution >= 4 is 5.97 Å². The molecule has 0 aromatic carbocycles. The van der Waals surface area contributed by atoms with E-state index in [1.165, 1.54) is 0 Å². The largest absolute Gasteiger partial charge is 0.480 e. The van der Waals surface area contributed by atoms with Crippen LogP contribution in [0.15, 0.2) is 4.52 Å². The van der Waals surface area contributed by atoms with E-state index in [0.717, 1.165) is 44.7 Å². The summed E-state index contributed by atoms with van der Waals surface area (Å²) in [7, 11) is 0. The van der Waals surface area contributed by atoms with Crippen molar-refractivity contribution in [2.24, 2.45) is 5.92 Å². The molecular weight excluding hydrogens is 260 g/mol. The lowest BCUT2D eigenvalue weighted by molar-refractivity contribution is -0.136. The number of hydrogen-bond donors (Lipinski definition) is 2. The average molecular weight is 282 g/mol. The predicted molar refractivity (Wildman–Crippen MR) is 72.2 cm³/mol. The number of rotatable bonds is 7. The molecule has 0 amide bonds. The first kappa shape index (κ1) is 14.9. The molecule has 0 bridgehead atoms. The van der Waals surface area contributed by atoms with Crippen LogP contribution >= 0.6 is 0 Å². The zero-order chi connectivity index (χ0) is 14.4. The van der Waals surface area contributed by atoms with Gasteiger partial charge in [-0.05, 0) is 31.8 Å². The molecule has 1 saturated heterocycles. The SMILES string of the molecule is CCc1noc(CN2CCCC(CNCC(=O)O)C2)n1. The van der Waals surface area contributed by atoms with Gasteiger partial charge in [0.25, 0.3) is 0 Å². The van der Waals surface area contributed by atoms with Gasteiger partial charge in [-0.1, -0.05) is 12.1 Å². The number of aromatic nitrogens is 2. The first-order valence-electron chi connectivity index (χ1n) is 7.13. The second-order valence-electron chi connectivity index (χ2n) is 5.23. The van der Waals surface area contributed by atoms with Gasteiger partial charge in [0.2, 0.25) is 5.89 Å². The fourth-order valence-corrected chi connectivity index (χ4v) is 2.53. The highest BCUT2D eigenvalue weighted by Crippen LogP contribution is 2.17. The number of aryl methyl sites for hydroxylation is 1. The number of carbonyl (C=O) groups is 1. The molecule has 1 aliphatic rings. The molecule has 7 heteroatoms. The minimum absolute atomic E-state index is 0.0278. The number of hydrogen-bond acceptors (Lipinski definition) is 6. The molecule has 112 valence electrons. The normalized spacial score (nSPS) is 20.1. The third-order valence-corrected chi connectivity index (χ3v) is 3.50. The van der Waals surface area contributed by atoms with Crippen molar-refractivity contribution in [2.45, 2.75) is 32.7 Å². The van der Waals surface area contributed by atoms with Crippen molar-refractivity contribution in [3.8, 4) is 0 Å². The smallest absolute Gasteiger partial charge is 0.317 e. The van der Waals surface area contributed by atoms with Crippen molar-refractivity contribution in [3.63, 3.8) is 0 Å². The van der Waals surface area contributed by atoms with E-state index in [0.29, 0.717) is 18.4 Å². The van der Waals surface area contributed by atoms with Gasteiger partial charge in [0.05, 0.1) is 13.1 Å². The van der Waals surface area contributed by atoms with Gasteiger partial charge in [-0.15, -0.1) is 0 Å². The Hall–Kier alpha value is -1.47. The summed E-state index contributed by atoms with van der Waals surface area (Å²) in [6.07, 6.45) is 3.03. The van der Waals surface area contributed by atoms with Crippen LogP contribution < -0.4 is 5.32 Å². The summed E-state index contributed by atoms with van der Waals surface area (Å²) in [6.45, 7) is 5.42. The molecule has 2 N–H and O–H groups in total. The third kappa shape index (κ3) is 4.57. The van der Waals surface area contributed by atoms with E-state index in [2.05, 4.69) is 20.4 Å². The van der Waals surface area contributed by atoms with E-state index >= 15 is 0 Å². The molecule has 1 aromatic rings. The molecule has 0 spiro atoms. The Kier molecular flexibility index (Phi) is 5.49. The van der Waals surface area contributed by atoms with Gasteiger partial charge in [0, 0.05) is 13.0 Å². The maximum Gasteiger partial charge on any atom is 0.317 e. The van der Waals surface area contributed by atoms with E-state index in [1.54, 1.807) is 0 Å². The first-order valence-corrected chi connectivity index (χ1v) is 7.13. The molecule has 7 nitrogen and oxygen atoms in total. The summed E-state index contributed by atoms with van der Waals surface area (Å²) in [4.78, 5) is 17.1. The Morgan fingerprint density at radius 3 is 3.15 bits per heavy atom. The topological polar surface area (TPSA) is 91.5 Å². The number of nitrogens with zero attached hydrogens (tertiary/aromatic N) is 3. The first-order chi connectivity index (χ1) is 9.67. The molecule has 1 atom stereocenters. The molecule has 0 aliphatic carbocycles. The molecule has 2 heterocycles. The van der Waals surface area contributed by atoms with Gasteiger partial charge in [0.1, 0.15) is 0 Å². The van der Waals surface area contributed by atoms with Crippen LogP contribution in [-0.4, -0.2) is 52.3 Å². The Morgan fingerprint density at radius 1 is 1.60 bits per heavy atom. The van der Waals surface area contributed by atoms with E-state index in [9.17, 15) is 4.79 Å². The monoisotopic (exact) mass is 282 g/mol. The number of aliphatic carboxylic acids is 1. The van der Waals surface area contributed by atoms with E-state index < -0.39 is 5.97 Å². The predicted octanol–water partition coefficient (Wildman–Crippen LogP) is 0.518.